The number of hydrogen-bond donors (Lipinski definition) is 0. The van der Waals surface area contributed by atoms with Crippen molar-refractivity contribution >= 4 is 66.6 Å². The summed E-state index contributed by atoms with van der Waals surface area (Å²) in [6.45, 7) is 4.71. The van der Waals surface area contributed by atoms with Crippen LogP contribution in [0.3, 0.4) is 0 Å². The molecule has 0 spiro atoms. The molecule has 1 aliphatic rings. The molecule has 1 aliphatic carbocycles. The van der Waals surface area contributed by atoms with Gasteiger partial charge < -0.3 is 4.57 Å². The lowest BCUT2D eigenvalue weighted by molar-refractivity contribution is 0.661. The monoisotopic (exact) mass is 551 g/mol. The predicted molar refractivity (Wildman–Crippen MR) is 182 cm³/mol. The van der Waals surface area contributed by atoms with Crippen LogP contribution in [0.4, 0.5) is 0 Å². The van der Waals surface area contributed by atoms with E-state index >= 15 is 0 Å². The molecule has 42 heavy (non-hydrogen) atoms. The van der Waals surface area contributed by atoms with Crippen molar-refractivity contribution in [3.8, 4) is 27.9 Å². The van der Waals surface area contributed by atoms with E-state index in [9.17, 15) is 0 Å². The summed E-state index contributed by atoms with van der Waals surface area (Å²) in [4.78, 5) is 0. The molecule has 0 atom stereocenters. The Morgan fingerprint density at radius 3 is 2.05 bits per heavy atom. The van der Waals surface area contributed by atoms with Crippen molar-refractivity contribution in [2.75, 3.05) is 0 Å². The fourth-order valence-electron chi connectivity index (χ4n) is 7.22. The SMILES string of the molecule is [B]c1ccc2sc3ccc(-c4ccc5c(c4)c4cc6c(cc4n5-c4ccccc4)C(C)(C)c4ccccc4-6)cc3c2c1. The average molecular weight is 552 g/mol. The third-order valence-electron chi connectivity index (χ3n) is 9.31. The smallest absolute Gasteiger partial charge is 0.113 e. The van der Waals surface area contributed by atoms with E-state index in [1.165, 1.54) is 81.0 Å². The molecular weight excluding hydrogens is 525 g/mol. The van der Waals surface area contributed by atoms with Crippen molar-refractivity contribution in [3.63, 3.8) is 0 Å². The molecule has 3 heteroatoms. The van der Waals surface area contributed by atoms with Crippen molar-refractivity contribution in [2.45, 2.75) is 19.3 Å². The highest BCUT2D eigenvalue weighted by molar-refractivity contribution is 7.25. The number of nitrogens with zero attached hydrogens (tertiary/aromatic N) is 1. The van der Waals surface area contributed by atoms with Gasteiger partial charge in [0.2, 0.25) is 0 Å². The summed E-state index contributed by atoms with van der Waals surface area (Å²) in [5, 5.41) is 5.06. The summed E-state index contributed by atoms with van der Waals surface area (Å²) < 4.78 is 5.00. The van der Waals surface area contributed by atoms with Gasteiger partial charge in [-0.25, -0.2) is 0 Å². The van der Waals surface area contributed by atoms with E-state index < -0.39 is 0 Å². The lowest BCUT2D eigenvalue weighted by atomic mass is 9.82. The van der Waals surface area contributed by atoms with E-state index in [-0.39, 0.29) is 5.41 Å². The molecule has 0 fully saturated rings. The molecule has 0 N–H and O–H groups in total. The number of rotatable bonds is 2. The molecule has 0 amide bonds. The van der Waals surface area contributed by atoms with Gasteiger partial charge in [-0.05, 0) is 93.4 Å². The maximum Gasteiger partial charge on any atom is 0.113 e. The molecule has 0 aliphatic heterocycles. The highest BCUT2D eigenvalue weighted by atomic mass is 32.1. The van der Waals surface area contributed by atoms with Gasteiger partial charge in [0, 0.05) is 36.7 Å². The average Bonchev–Trinajstić information content (AvgIpc) is 3.61. The van der Waals surface area contributed by atoms with Crippen molar-refractivity contribution in [1.82, 2.24) is 4.57 Å². The first-order valence-electron chi connectivity index (χ1n) is 14.5. The highest BCUT2D eigenvalue weighted by Gasteiger charge is 2.36. The highest BCUT2D eigenvalue weighted by Crippen LogP contribution is 2.51. The van der Waals surface area contributed by atoms with Gasteiger partial charge in [-0.15, -0.1) is 11.3 Å². The summed E-state index contributed by atoms with van der Waals surface area (Å²) in [5.74, 6) is 0. The van der Waals surface area contributed by atoms with Gasteiger partial charge in [0.15, 0.2) is 0 Å². The molecular formula is C39H26BNS. The predicted octanol–water partition coefficient (Wildman–Crippen LogP) is 9.92. The standard InChI is InChI=1S/C39H26BNS/c1-39(2)33-11-7-6-10-27(33)28-21-30-29-18-23(24-13-16-37-31(19-24)32-20-25(40)14-17-38(32)42-37)12-15-35(29)41(36(30)22-34(28)39)26-8-4-3-5-9-26/h3-22H,1-2H3. The number of aromatic nitrogens is 1. The van der Waals surface area contributed by atoms with Gasteiger partial charge in [0.1, 0.15) is 7.85 Å². The fourth-order valence-corrected chi connectivity index (χ4v) is 8.29. The van der Waals surface area contributed by atoms with E-state index in [4.69, 9.17) is 7.85 Å². The quantitative estimate of drug-likeness (QED) is 0.189. The van der Waals surface area contributed by atoms with Crippen LogP contribution in [0, 0.1) is 0 Å². The second kappa shape index (κ2) is 8.47. The van der Waals surface area contributed by atoms with Crippen molar-refractivity contribution in [2.24, 2.45) is 0 Å². The molecule has 9 rings (SSSR count). The number of para-hydroxylation sites is 1. The molecule has 196 valence electrons. The maximum absolute atomic E-state index is 6.18. The Kier molecular flexibility index (Phi) is 4.85. The van der Waals surface area contributed by atoms with Gasteiger partial charge >= 0.3 is 0 Å². The Balaban J connectivity index is 1.33. The summed E-state index contributed by atoms with van der Waals surface area (Å²) in [6, 6.07) is 44.6. The zero-order valence-corrected chi connectivity index (χ0v) is 24.3. The molecule has 0 saturated carbocycles. The maximum atomic E-state index is 6.18. The van der Waals surface area contributed by atoms with Crippen LogP contribution >= 0.6 is 11.3 Å². The topological polar surface area (TPSA) is 4.93 Å². The molecule has 1 nitrogen and oxygen atoms in total. The Labute approximate surface area is 250 Å². The van der Waals surface area contributed by atoms with Gasteiger partial charge in [-0.1, -0.05) is 86.0 Å². The third-order valence-corrected chi connectivity index (χ3v) is 10.5. The first-order valence-corrected chi connectivity index (χ1v) is 15.3. The zero-order chi connectivity index (χ0) is 28.2. The first kappa shape index (κ1) is 24.0. The number of hydrogen-bond acceptors (Lipinski definition) is 1. The van der Waals surface area contributed by atoms with E-state index in [0.29, 0.717) is 0 Å². The van der Waals surface area contributed by atoms with Crippen LogP contribution in [0.15, 0.2) is 121 Å². The van der Waals surface area contributed by atoms with Crippen molar-refractivity contribution < 1.29 is 0 Å². The zero-order valence-electron chi connectivity index (χ0n) is 23.5. The molecule has 0 saturated heterocycles. The summed E-state index contributed by atoms with van der Waals surface area (Å²) in [7, 11) is 6.18. The Bertz CT molecular complexity index is 2390. The van der Waals surface area contributed by atoms with Gasteiger partial charge in [-0.3, -0.25) is 0 Å². The van der Waals surface area contributed by atoms with Gasteiger partial charge in [0.25, 0.3) is 0 Å². The first-order chi connectivity index (χ1) is 20.5. The number of fused-ring (bicyclic) bond motifs is 9. The van der Waals surface area contributed by atoms with Crippen LogP contribution in [0.5, 0.6) is 0 Å². The van der Waals surface area contributed by atoms with Crippen LogP contribution in [-0.2, 0) is 5.41 Å². The summed E-state index contributed by atoms with van der Waals surface area (Å²) in [6.07, 6.45) is 0. The lowest BCUT2D eigenvalue weighted by Gasteiger charge is -2.21. The fraction of sp³-hybridized carbons (Fsp3) is 0.0769. The minimum absolute atomic E-state index is 0.0502. The summed E-state index contributed by atoms with van der Waals surface area (Å²) >= 11 is 1.83. The second-order valence-corrected chi connectivity index (χ2v) is 13.1. The molecule has 2 heterocycles. The van der Waals surface area contributed by atoms with Crippen LogP contribution in [0.2, 0.25) is 0 Å². The van der Waals surface area contributed by atoms with Crippen LogP contribution in [0.1, 0.15) is 25.0 Å². The van der Waals surface area contributed by atoms with E-state index in [2.05, 4.69) is 134 Å². The van der Waals surface area contributed by atoms with Crippen molar-refractivity contribution in [1.29, 1.82) is 0 Å². The Hall–Kier alpha value is -4.60. The Morgan fingerprint density at radius 1 is 0.548 bits per heavy atom. The molecule has 8 aromatic rings. The molecule has 0 bridgehead atoms. The van der Waals surface area contributed by atoms with E-state index in [1.54, 1.807) is 0 Å². The third kappa shape index (κ3) is 3.26. The number of benzene rings is 6. The normalized spacial score (nSPS) is 13.8. The molecule has 2 radical (unpaired) electrons. The molecule has 6 aromatic carbocycles. The lowest BCUT2D eigenvalue weighted by Crippen LogP contribution is -2.14. The summed E-state index contributed by atoms with van der Waals surface area (Å²) in [5.41, 5.74) is 12.4. The second-order valence-electron chi connectivity index (χ2n) is 12.1. The van der Waals surface area contributed by atoms with E-state index in [1.807, 2.05) is 17.4 Å². The largest absolute Gasteiger partial charge is 0.309 e. The van der Waals surface area contributed by atoms with Gasteiger partial charge in [0.05, 0.1) is 11.0 Å². The van der Waals surface area contributed by atoms with Gasteiger partial charge in [-0.2, -0.15) is 0 Å². The van der Waals surface area contributed by atoms with Crippen LogP contribution in [-0.4, -0.2) is 12.4 Å². The minimum atomic E-state index is -0.0502. The number of thiophene rings is 1. The Morgan fingerprint density at radius 2 is 1.21 bits per heavy atom. The molecule has 2 aromatic heterocycles. The van der Waals surface area contributed by atoms with Crippen LogP contribution < -0.4 is 5.46 Å². The minimum Gasteiger partial charge on any atom is -0.309 e. The van der Waals surface area contributed by atoms with Crippen molar-refractivity contribution in [3.05, 3.63) is 132 Å². The molecule has 0 unspecified atom stereocenters. The van der Waals surface area contributed by atoms with E-state index in [0.717, 1.165) is 5.46 Å². The van der Waals surface area contributed by atoms with Crippen LogP contribution in [0.25, 0.3) is 69.9 Å².